The molecule has 2 aromatic rings. The highest BCUT2D eigenvalue weighted by molar-refractivity contribution is 6.04. The molecule has 1 aliphatic heterocycles. The van der Waals surface area contributed by atoms with Gasteiger partial charge in [-0.1, -0.05) is 18.2 Å². The van der Waals surface area contributed by atoms with Crippen molar-refractivity contribution in [2.45, 2.75) is 0 Å². The van der Waals surface area contributed by atoms with Gasteiger partial charge in [0.05, 0.1) is 18.6 Å². The topological polar surface area (TPSA) is 25.4 Å². The van der Waals surface area contributed by atoms with Crippen molar-refractivity contribution in [3.8, 4) is 28.2 Å². The van der Waals surface area contributed by atoms with Crippen molar-refractivity contribution >= 4 is 11.0 Å². The van der Waals surface area contributed by atoms with Crippen molar-refractivity contribution in [2.24, 2.45) is 0 Å². The molecule has 4 rings (SSSR count). The first-order chi connectivity index (χ1) is 12.6. The maximum Gasteiger partial charge on any atom is 0.203 e. The largest absolute Gasteiger partial charge is 1.00 e. The number of halogens is 2. The SMILES string of the molecule is COc1cccc2oc3cc(=[N+](C)C)ccc-3c(-c3ccc(F)cc3)c12.[Br-]. The van der Waals surface area contributed by atoms with Crippen molar-refractivity contribution in [1.82, 2.24) is 4.58 Å². The predicted octanol–water partition coefficient (Wildman–Crippen LogP) is 1.39. The Bertz CT molecular complexity index is 1150. The summed E-state index contributed by atoms with van der Waals surface area (Å²) in [7, 11) is 5.63. The normalized spacial score (nSPS) is 10.7. The summed E-state index contributed by atoms with van der Waals surface area (Å²) in [6.45, 7) is 0. The summed E-state index contributed by atoms with van der Waals surface area (Å²) in [5, 5.41) is 1.93. The van der Waals surface area contributed by atoms with Crippen LogP contribution < -0.4 is 31.7 Å². The smallest absolute Gasteiger partial charge is 0.203 e. The lowest BCUT2D eigenvalue weighted by molar-refractivity contribution is -0.00000658. The van der Waals surface area contributed by atoms with Gasteiger partial charge in [-0.15, -0.1) is 0 Å². The molecular weight excluding hydrogens is 409 g/mol. The summed E-state index contributed by atoms with van der Waals surface area (Å²) in [5.74, 6) is 1.24. The van der Waals surface area contributed by atoms with Crippen molar-refractivity contribution < 1.29 is 30.5 Å². The number of nitrogens with zero attached hydrogens (tertiary/aromatic N) is 1. The van der Waals surface area contributed by atoms with E-state index < -0.39 is 0 Å². The van der Waals surface area contributed by atoms with E-state index in [4.69, 9.17) is 9.15 Å². The number of hydrogen-bond donors (Lipinski definition) is 0. The van der Waals surface area contributed by atoms with Crippen molar-refractivity contribution in [1.29, 1.82) is 0 Å². The monoisotopic (exact) mass is 427 g/mol. The van der Waals surface area contributed by atoms with E-state index in [1.807, 2.05) is 55.1 Å². The summed E-state index contributed by atoms with van der Waals surface area (Å²) < 4.78 is 27.3. The highest BCUT2D eigenvalue weighted by Gasteiger charge is 2.20. The lowest BCUT2D eigenvalue weighted by Crippen LogP contribution is -3.00. The van der Waals surface area contributed by atoms with Gasteiger partial charge in [0.1, 0.15) is 37.0 Å². The van der Waals surface area contributed by atoms with Crippen LogP contribution in [0.2, 0.25) is 0 Å². The van der Waals surface area contributed by atoms with Gasteiger partial charge in [-0.05, 0) is 35.9 Å². The second-order valence-electron chi connectivity index (χ2n) is 6.39. The zero-order valence-electron chi connectivity index (χ0n) is 15.3. The third-order valence-electron chi connectivity index (χ3n) is 4.56. The van der Waals surface area contributed by atoms with E-state index in [0.717, 1.165) is 44.5 Å². The fourth-order valence-corrected chi connectivity index (χ4v) is 3.26. The number of ether oxygens (including phenoxy) is 1. The standard InChI is InChI=1S/C22H19FNO2.BrH/c1-24(2)16-11-12-17-20(13-16)26-19-6-4-5-18(25-3)22(19)21(17)14-7-9-15(23)10-8-14;/h4-13H,1-3H3;1H/q+1;/p-1. The fourth-order valence-electron chi connectivity index (χ4n) is 3.26. The van der Waals surface area contributed by atoms with Crippen molar-refractivity contribution in [3.63, 3.8) is 0 Å². The first kappa shape index (κ1) is 19.1. The van der Waals surface area contributed by atoms with Gasteiger partial charge in [0.2, 0.25) is 5.36 Å². The van der Waals surface area contributed by atoms with Gasteiger partial charge in [0, 0.05) is 17.2 Å². The molecule has 2 aromatic carbocycles. The van der Waals surface area contributed by atoms with Crippen LogP contribution >= 0.6 is 0 Å². The average molecular weight is 428 g/mol. The van der Waals surface area contributed by atoms with Crippen LogP contribution in [0.3, 0.4) is 0 Å². The summed E-state index contributed by atoms with van der Waals surface area (Å²) in [6, 6.07) is 18.4. The fraction of sp³-hybridized carbons (Fsp3) is 0.136. The molecule has 0 bridgehead atoms. The Morgan fingerprint density at radius 1 is 0.963 bits per heavy atom. The molecule has 1 aliphatic carbocycles. The van der Waals surface area contributed by atoms with Gasteiger partial charge in [0.15, 0.2) is 0 Å². The molecule has 0 amide bonds. The molecule has 0 saturated carbocycles. The minimum atomic E-state index is -0.259. The molecule has 27 heavy (non-hydrogen) atoms. The van der Waals surface area contributed by atoms with E-state index in [9.17, 15) is 4.39 Å². The molecule has 0 unspecified atom stereocenters. The van der Waals surface area contributed by atoms with Gasteiger partial charge in [0.25, 0.3) is 0 Å². The maximum atomic E-state index is 13.5. The van der Waals surface area contributed by atoms with Gasteiger partial charge in [-0.2, -0.15) is 0 Å². The average Bonchev–Trinajstić information content (AvgIpc) is 2.66. The molecule has 0 radical (unpaired) electrons. The Balaban J connectivity index is 0.00000210. The second kappa shape index (κ2) is 7.53. The van der Waals surface area contributed by atoms with E-state index >= 15 is 0 Å². The third kappa shape index (κ3) is 3.35. The van der Waals surface area contributed by atoms with Crippen molar-refractivity contribution in [2.75, 3.05) is 21.2 Å². The Hall–Kier alpha value is -2.66. The van der Waals surface area contributed by atoms with E-state index in [1.54, 1.807) is 19.2 Å². The molecule has 5 heteroatoms. The first-order valence-corrected chi connectivity index (χ1v) is 8.38. The number of fused-ring (bicyclic) bond motifs is 2. The molecule has 138 valence electrons. The summed E-state index contributed by atoms with van der Waals surface area (Å²) >= 11 is 0. The Morgan fingerprint density at radius 3 is 2.37 bits per heavy atom. The van der Waals surface area contributed by atoms with Crippen LogP contribution in [0.5, 0.6) is 5.75 Å². The van der Waals surface area contributed by atoms with E-state index in [-0.39, 0.29) is 22.8 Å². The first-order valence-electron chi connectivity index (χ1n) is 8.38. The molecule has 3 nitrogen and oxygen atoms in total. The van der Waals surface area contributed by atoms with Crippen LogP contribution in [0.15, 0.2) is 65.1 Å². The molecule has 2 aliphatic rings. The number of rotatable bonds is 2. The van der Waals surface area contributed by atoms with Crippen LogP contribution in [0, 0.1) is 5.82 Å². The minimum absolute atomic E-state index is 0. The Kier molecular flexibility index (Phi) is 5.33. The summed E-state index contributed by atoms with van der Waals surface area (Å²) in [6.07, 6.45) is 0. The highest BCUT2D eigenvalue weighted by atomic mass is 79.9. The predicted molar refractivity (Wildman–Crippen MR) is 102 cm³/mol. The second-order valence-corrected chi connectivity index (χ2v) is 6.39. The molecule has 1 heterocycles. The Labute approximate surface area is 167 Å². The van der Waals surface area contributed by atoms with Crippen LogP contribution in [0.1, 0.15) is 0 Å². The highest BCUT2D eigenvalue weighted by Crippen LogP contribution is 2.43. The number of methoxy groups -OCH3 is 1. The maximum absolute atomic E-state index is 13.5. The van der Waals surface area contributed by atoms with E-state index in [2.05, 4.69) is 0 Å². The molecule has 0 N–H and O–H groups in total. The van der Waals surface area contributed by atoms with E-state index in [0.29, 0.717) is 0 Å². The van der Waals surface area contributed by atoms with Crippen LogP contribution in [0.4, 0.5) is 4.39 Å². The lowest BCUT2D eigenvalue weighted by atomic mass is 9.93. The van der Waals surface area contributed by atoms with Gasteiger partial charge >= 0.3 is 0 Å². The quantitative estimate of drug-likeness (QED) is 0.356. The number of benzene rings is 3. The van der Waals surface area contributed by atoms with Gasteiger partial charge in [-0.3, -0.25) is 0 Å². The summed E-state index contributed by atoms with van der Waals surface area (Å²) in [4.78, 5) is 0. The third-order valence-corrected chi connectivity index (χ3v) is 4.56. The van der Waals surface area contributed by atoms with Crippen LogP contribution in [-0.4, -0.2) is 21.2 Å². The van der Waals surface area contributed by atoms with Crippen LogP contribution in [0.25, 0.3) is 33.4 Å². The lowest BCUT2D eigenvalue weighted by Gasteiger charge is -2.17. The van der Waals surface area contributed by atoms with E-state index in [1.165, 1.54) is 12.1 Å². The van der Waals surface area contributed by atoms with Gasteiger partial charge in [-0.25, -0.2) is 8.97 Å². The molecule has 0 fully saturated rings. The molecule has 0 saturated heterocycles. The van der Waals surface area contributed by atoms with Crippen molar-refractivity contribution in [3.05, 3.63) is 71.8 Å². The molecule has 0 atom stereocenters. The Morgan fingerprint density at radius 2 is 1.70 bits per heavy atom. The van der Waals surface area contributed by atoms with Crippen LogP contribution in [-0.2, 0) is 0 Å². The summed E-state index contributed by atoms with van der Waals surface area (Å²) in [5.41, 5.74) is 3.58. The zero-order chi connectivity index (χ0) is 18.3. The molecular formula is C22H19BrFNO2. The minimum Gasteiger partial charge on any atom is -1.00 e. The zero-order valence-corrected chi connectivity index (χ0v) is 16.9. The van der Waals surface area contributed by atoms with Gasteiger partial charge < -0.3 is 26.1 Å². The number of hydrogen-bond acceptors (Lipinski definition) is 2. The molecule has 0 aromatic heterocycles. The molecule has 0 spiro atoms.